The monoisotopic (exact) mass is 412 g/mol. The number of pyridine rings is 1. The number of hydrogen-bond acceptors (Lipinski definition) is 5. The predicted molar refractivity (Wildman–Crippen MR) is 108 cm³/mol. The fourth-order valence-electron chi connectivity index (χ4n) is 3.18. The molecule has 1 saturated carbocycles. The Balaban J connectivity index is 1.45. The van der Waals surface area contributed by atoms with Gasteiger partial charge >= 0.3 is 6.03 Å². The number of carbonyl (C=O) groups excluding carboxylic acids is 1. The summed E-state index contributed by atoms with van der Waals surface area (Å²) in [5.41, 5.74) is 0.932. The van der Waals surface area contributed by atoms with Crippen LogP contribution in [0.3, 0.4) is 0 Å². The summed E-state index contributed by atoms with van der Waals surface area (Å²) in [6.45, 7) is 1.38. The van der Waals surface area contributed by atoms with Gasteiger partial charge in [-0.25, -0.2) is 13.2 Å². The van der Waals surface area contributed by atoms with Crippen molar-refractivity contribution in [3.8, 4) is 0 Å². The standard InChI is InChI=1S/C19H32N4O4S/c24-19(22-15-18-10-7-11-20-14-18)21-12-5-2-6-13-28(25,26)23-27-16-17-8-3-1-4-9-17/h7,10-11,14,17,23H,1-6,8-9,12-13,15-16H2,(H2,21,22,24). The molecule has 2 amide bonds. The van der Waals surface area contributed by atoms with E-state index in [0.717, 1.165) is 24.8 Å². The van der Waals surface area contributed by atoms with Crippen LogP contribution in [0.4, 0.5) is 4.79 Å². The van der Waals surface area contributed by atoms with Crippen molar-refractivity contribution >= 4 is 16.1 Å². The maximum Gasteiger partial charge on any atom is 0.315 e. The Kier molecular flexibility index (Phi) is 10.2. The lowest BCUT2D eigenvalue weighted by molar-refractivity contribution is 0.0519. The summed E-state index contributed by atoms with van der Waals surface area (Å²) in [6.07, 6.45) is 11.3. The molecule has 1 fully saturated rings. The third-order valence-electron chi connectivity index (χ3n) is 4.78. The van der Waals surface area contributed by atoms with Crippen LogP contribution >= 0.6 is 0 Å². The minimum atomic E-state index is -3.40. The summed E-state index contributed by atoms with van der Waals surface area (Å²) in [5, 5.41) is 5.51. The lowest BCUT2D eigenvalue weighted by atomic mass is 9.90. The zero-order valence-electron chi connectivity index (χ0n) is 16.4. The van der Waals surface area contributed by atoms with E-state index in [1.807, 2.05) is 12.1 Å². The van der Waals surface area contributed by atoms with Gasteiger partial charge in [0, 0.05) is 25.5 Å². The molecule has 28 heavy (non-hydrogen) atoms. The smallest absolute Gasteiger partial charge is 0.315 e. The van der Waals surface area contributed by atoms with Crippen molar-refractivity contribution in [3.05, 3.63) is 30.1 Å². The van der Waals surface area contributed by atoms with E-state index in [9.17, 15) is 13.2 Å². The first-order valence-electron chi connectivity index (χ1n) is 10.1. The van der Waals surface area contributed by atoms with E-state index < -0.39 is 10.0 Å². The molecular weight excluding hydrogens is 380 g/mol. The normalized spacial score (nSPS) is 15.3. The maximum atomic E-state index is 11.9. The van der Waals surface area contributed by atoms with Crippen LogP contribution in [0.2, 0.25) is 0 Å². The van der Waals surface area contributed by atoms with Crippen molar-refractivity contribution < 1.29 is 18.0 Å². The molecule has 1 aromatic rings. The van der Waals surface area contributed by atoms with Gasteiger partial charge < -0.3 is 10.6 Å². The van der Waals surface area contributed by atoms with Crippen molar-refractivity contribution in [1.29, 1.82) is 0 Å². The molecule has 0 radical (unpaired) electrons. The third kappa shape index (κ3) is 10.0. The Hall–Kier alpha value is -1.71. The Morgan fingerprint density at radius 2 is 1.96 bits per heavy atom. The average Bonchev–Trinajstić information content (AvgIpc) is 2.70. The molecule has 0 unspecified atom stereocenters. The molecule has 0 aromatic carbocycles. The molecule has 158 valence electrons. The summed E-state index contributed by atoms with van der Waals surface area (Å²) in [6, 6.07) is 3.47. The van der Waals surface area contributed by atoms with Gasteiger partial charge in [-0.05, 0) is 43.2 Å². The minimum Gasteiger partial charge on any atom is -0.338 e. The summed E-state index contributed by atoms with van der Waals surface area (Å²) in [7, 11) is -3.40. The SMILES string of the molecule is O=C(NCCCCCS(=O)(=O)NOCC1CCCCC1)NCc1cccnc1. The topological polar surface area (TPSA) is 109 Å². The van der Waals surface area contributed by atoms with Crippen molar-refractivity contribution in [2.24, 2.45) is 5.92 Å². The van der Waals surface area contributed by atoms with Gasteiger partial charge in [0.2, 0.25) is 10.0 Å². The number of rotatable bonds is 12. The fraction of sp³-hybridized carbons (Fsp3) is 0.684. The van der Waals surface area contributed by atoms with Crippen molar-refractivity contribution in [2.75, 3.05) is 18.9 Å². The highest BCUT2D eigenvalue weighted by Crippen LogP contribution is 2.23. The molecule has 0 saturated heterocycles. The summed E-state index contributed by atoms with van der Waals surface area (Å²) in [5.74, 6) is 0.497. The molecule has 0 bridgehead atoms. The number of urea groups is 1. The molecule has 0 spiro atoms. The Bertz CT molecular complexity index is 664. The largest absolute Gasteiger partial charge is 0.338 e. The summed E-state index contributed by atoms with van der Waals surface area (Å²) >= 11 is 0. The number of nitrogens with one attached hydrogen (secondary N) is 3. The maximum absolute atomic E-state index is 11.9. The van der Waals surface area contributed by atoms with E-state index in [4.69, 9.17) is 4.84 Å². The van der Waals surface area contributed by atoms with Gasteiger partial charge in [-0.3, -0.25) is 9.82 Å². The fourth-order valence-corrected chi connectivity index (χ4v) is 4.10. The molecule has 1 heterocycles. The average molecular weight is 413 g/mol. The molecule has 0 aliphatic heterocycles. The van der Waals surface area contributed by atoms with Crippen LogP contribution < -0.4 is 15.5 Å². The van der Waals surface area contributed by atoms with E-state index in [0.29, 0.717) is 38.5 Å². The summed E-state index contributed by atoms with van der Waals surface area (Å²) in [4.78, 5) is 23.1. The van der Waals surface area contributed by atoms with Crippen LogP contribution in [0.15, 0.2) is 24.5 Å². The van der Waals surface area contributed by atoms with Gasteiger partial charge in [-0.1, -0.05) is 36.6 Å². The van der Waals surface area contributed by atoms with Gasteiger partial charge in [0.05, 0.1) is 12.4 Å². The van der Waals surface area contributed by atoms with Crippen LogP contribution in [-0.4, -0.2) is 38.3 Å². The summed E-state index contributed by atoms with van der Waals surface area (Å²) < 4.78 is 23.8. The van der Waals surface area contributed by atoms with E-state index in [1.54, 1.807) is 12.4 Å². The minimum absolute atomic E-state index is 0.0326. The van der Waals surface area contributed by atoms with Crippen LogP contribution in [0.25, 0.3) is 0 Å². The van der Waals surface area contributed by atoms with Gasteiger partial charge in [0.25, 0.3) is 0 Å². The Morgan fingerprint density at radius 3 is 2.71 bits per heavy atom. The first-order valence-corrected chi connectivity index (χ1v) is 11.7. The Morgan fingerprint density at radius 1 is 1.14 bits per heavy atom. The molecule has 2 rings (SSSR count). The van der Waals surface area contributed by atoms with Gasteiger partial charge in [0.15, 0.2) is 0 Å². The first-order chi connectivity index (χ1) is 13.6. The molecule has 9 heteroatoms. The molecule has 1 aromatic heterocycles. The van der Waals surface area contributed by atoms with Gasteiger partial charge in [0.1, 0.15) is 0 Å². The molecule has 1 aliphatic carbocycles. The second-order valence-corrected chi connectivity index (χ2v) is 9.05. The third-order valence-corrected chi connectivity index (χ3v) is 5.98. The van der Waals surface area contributed by atoms with Crippen molar-refractivity contribution in [2.45, 2.75) is 57.9 Å². The number of sulfonamides is 1. The molecule has 1 aliphatic rings. The van der Waals surface area contributed by atoms with Crippen LogP contribution in [-0.2, 0) is 21.4 Å². The lowest BCUT2D eigenvalue weighted by Crippen LogP contribution is -2.35. The van der Waals surface area contributed by atoms with Crippen molar-refractivity contribution in [3.63, 3.8) is 0 Å². The second-order valence-electron chi connectivity index (χ2n) is 7.25. The highest BCUT2D eigenvalue weighted by molar-refractivity contribution is 7.89. The second kappa shape index (κ2) is 12.7. The van der Waals surface area contributed by atoms with E-state index >= 15 is 0 Å². The first kappa shape index (κ1) is 22.6. The quantitative estimate of drug-likeness (QED) is 0.361. The van der Waals surface area contributed by atoms with E-state index in [2.05, 4.69) is 20.5 Å². The molecule has 0 atom stereocenters. The van der Waals surface area contributed by atoms with E-state index in [1.165, 1.54) is 19.3 Å². The van der Waals surface area contributed by atoms with Crippen LogP contribution in [0.1, 0.15) is 56.9 Å². The number of amides is 2. The Labute approximate surface area is 167 Å². The number of nitrogens with zero attached hydrogens (tertiary/aromatic N) is 1. The molecule has 3 N–H and O–H groups in total. The van der Waals surface area contributed by atoms with E-state index in [-0.39, 0.29) is 11.8 Å². The predicted octanol–water partition coefficient (Wildman–Crippen LogP) is 2.48. The number of aromatic nitrogens is 1. The number of unbranched alkanes of at least 4 members (excludes halogenated alkanes) is 2. The molecular formula is C19H32N4O4S. The molecule has 8 nitrogen and oxygen atoms in total. The number of hydrogen-bond donors (Lipinski definition) is 3. The van der Waals surface area contributed by atoms with Gasteiger partial charge in [-0.15, -0.1) is 0 Å². The zero-order chi connectivity index (χ0) is 20.1. The number of carbonyl (C=O) groups is 1. The highest BCUT2D eigenvalue weighted by atomic mass is 32.2. The lowest BCUT2D eigenvalue weighted by Gasteiger charge is -2.21. The zero-order valence-corrected chi connectivity index (χ0v) is 17.2. The van der Waals surface area contributed by atoms with Crippen LogP contribution in [0, 0.1) is 5.92 Å². The van der Waals surface area contributed by atoms with Crippen molar-refractivity contribution in [1.82, 2.24) is 20.5 Å². The van der Waals surface area contributed by atoms with Crippen LogP contribution in [0.5, 0.6) is 0 Å². The van der Waals surface area contributed by atoms with Gasteiger partial charge in [-0.2, -0.15) is 0 Å². The highest BCUT2D eigenvalue weighted by Gasteiger charge is 2.15.